The van der Waals surface area contributed by atoms with E-state index in [9.17, 15) is 19.2 Å². The van der Waals surface area contributed by atoms with Crippen LogP contribution in [0.5, 0.6) is 11.5 Å². The fraction of sp³-hybridized carbons (Fsp3) is 0.356. The maximum absolute atomic E-state index is 16.2. The largest absolute Gasteiger partial charge is 0.494 e. The van der Waals surface area contributed by atoms with Crippen LogP contribution in [0, 0.1) is 11.6 Å². The van der Waals surface area contributed by atoms with E-state index in [2.05, 4.69) is 21.0 Å². The van der Waals surface area contributed by atoms with Crippen molar-refractivity contribution in [2.75, 3.05) is 38.6 Å². The first kappa shape index (κ1) is 41.7. The molecule has 3 unspecified atom stereocenters. The first-order valence-electron chi connectivity index (χ1n) is 20.3. The Hall–Kier alpha value is -6.06. The van der Waals surface area contributed by atoms with Crippen LogP contribution >= 0.6 is 11.6 Å². The summed E-state index contributed by atoms with van der Waals surface area (Å²) in [6.07, 6.45) is 2.26. The first-order chi connectivity index (χ1) is 29.3. The lowest BCUT2D eigenvalue weighted by atomic mass is 9.77. The molecule has 0 spiro atoms. The number of aryl methyl sites for hydroxylation is 1. The molecule has 0 bridgehead atoms. The maximum Gasteiger partial charge on any atom is 0.249 e. The number of para-hydroxylation sites is 1. The number of rotatable bonds is 12. The molecule has 3 aliphatic rings. The Bertz CT molecular complexity index is 2560. The number of carbonyl (C=O) groups excluding carboxylic acids is 4. The number of methoxy groups -OCH3 is 1. The van der Waals surface area contributed by atoms with Crippen LogP contribution in [-0.2, 0) is 27.0 Å². The van der Waals surface area contributed by atoms with Gasteiger partial charge in [0.1, 0.15) is 11.6 Å². The Labute approximate surface area is 355 Å². The topological polar surface area (TPSA) is 170 Å². The highest BCUT2D eigenvalue weighted by atomic mass is 35.5. The number of ether oxygens (including phenoxy) is 2. The predicted octanol–water partition coefficient (Wildman–Crippen LogP) is 6.27. The van der Waals surface area contributed by atoms with Gasteiger partial charge in [-0.05, 0) is 43.0 Å². The quantitative estimate of drug-likeness (QED) is 0.106. The summed E-state index contributed by atoms with van der Waals surface area (Å²) in [6, 6.07) is 19.0. The van der Waals surface area contributed by atoms with E-state index >= 15 is 8.78 Å². The van der Waals surface area contributed by atoms with Crippen molar-refractivity contribution >= 4 is 51.8 Å². The molecule has 13 nitrogen and oxygen atoms in total. The van der Waals surface area contributed by atoms with E-state index in [1.165, 1.54) is 25.3 Å². The average Bonchev–Trinajstić information content (AvgIpc) is 3.74. The number of piperidine rings is 2. The Morgan fingerprint density at radius 2 is 1.80 bits per heavy atom. The lowest BCUT2D eigenvalue weighted by Gasteiger charge is -2.38. The van der Waals surface area contributed by atoms with E-state index in [-0.39, 0.29) is 76.4 Å². The van der Waals surface area contributed by atoms with Crippen LogP contribution in [-0.4, -0.2) is 77.6 Å². The van der Waals surface area contributed by atoms with Gasteiger partial charge in [0.25, 0.3) is 0 Å². The summed E-state index contributed by atoms with van der Waals surface area (Å²) in [7, 11) is 3.10. The molecule has 0 saturated carbocycles. The van der Waals surface area contributed by atoms with Crippen molar-refractivity contribution in [2.24, 2.45) is 12.8 Å². The van der Waals surface area contributed by atoms with Gasteiger partial charge in [-0.15, -0.1) is 0 Å². The molecule has 5 N–H and O–H groups in total. The van der Waals surface area contributed by atoms with Crippen LogP contribution in [0.3, 0.4) is 0 Å². The molecule has 3 aliphatic heterocycles. The molecule has 2 saturated heterocycles. The number of hydrogen-bond donors (Lipinski definition) is 4. The normalized spacial score (nSPS) is 20.3. The number of hydrogen-bond acceptors (Lipinski definition) is 9. The average molecular weight is 854 g/mol. The first-order valence-corrected chi connectivity index (χ1v) is 20.7. The van der Waals surface area contributed by atoms with Gasteiger partial charge in [-0.3, -0.25) is 29.2 Å². The lowest BCUT2D eigenvalue weighted by molar-refractivity contribution is -0.134. The zero-order chi connectivity index (χ0) is 43.2. The number of fused-ring (bicyclic) bond motifs is 2. The van der Waals surface area contributed by atoms with Crippen molar-refractivity contribution in [2.45, 2.75) is 62.5 Å². The van der Waals surface area contributed by atoms with Crippen LogP contribution in [0.25, 0.3) is 22.0 Å². The molecule has 1 aromatic heterocycles. The monoisotopic (exact) mass is 853 g/mol. The van der Waals surface area contributed by atoms with E-state index in [1.807, 2.05) is 67.4 Å². The zero-order valence-corrected chi connectivity index (χ0v) is 34.7. The number of nitrogens with zero attached hydrogens (tertiary/aromatic N) is 3. The summed E-state index contributed by atoms with van der Waals surface area (Å²) in [4.78, 5) is 52.3. The second-order valence-electron chi connectivity index (χ2n) is 15.8. The van der Waals surface area contributed by atoms with Gasteiger partial charge in [0.05, 0.1) is 40.5 Å². The Kier molecular flexibility index (Phi) is 11.5. The Balaban J connectivity index is 0.948. The molecule has 0 radical (unpaired) electrons. The number of anilines is 1. The summed E-state index contributed by atoms with van der Waals surface area (Å²) < 4.78 is 45.6. The molecular weight excluding hydrogens is 808 g/mol. The van der Waals surface area contributed by atoms with Gasteiger partial charge in [-0.1, -0.05) is 61.0 Å². The molecule has 16 heteroatoms. The standard InChI is InChI=1S/C45H46ClF2N7O6/c1-24-36-33(22-30(47)39(46)38(36)37-27(43(49)58)12-14-32(60-3)40(37)48)61-45(24,25-8-5-4-6-9-25)23-51-26-17-20-55(21-18-26)35(57)16-19-50-31-11-7-10-28-41(53-54(2)42(28)31)29-13-15-34(56)52-44(29)59/h4-12,14,22,24,26,29,50-51H,13,15-21,23H2,1-3H3,(H2,49,58)(H,52,56,59). The molecule has 318 valence electrons. The van der Waals surface area contributed by atoms with E-state index in [1.54, 1.807) is 4.68 Å². The van der Waals surface area contributed by atoms with Gasteiger partial charge in [0.2, 0.25) is 23.6 Å². The highest BCUT2D eigenvalue weighted by Crippen LogP contribution is 2.56. The van der Waals surface area contributed by atoms with E-state index in [0.29, 0.717) is 50.2 Å². The van der Waals surface area contributed by atoms with Gasteiger partial charge in [-0.2, -0.15) is 5.10 Å². The number of nitrogens with one attached hydrogen (secondary N) is 3. The fourth-order valence-electron chi connectivity index (χ4n) is 9.19. The van der Waals surface area contributed by atoms with Crippen molar-refractivity contribution in [1.29, 1.82) is 0 Å². The van der Waals surface area contributed by atoms with E-state index < -0.39 is 35.0 Å². The van der Waals surface area contributed by atoms with Crippen LogP contribution in [0.15, 0.2) is 66.7 Å². The molecule has 2 fully saturated rings. The number of carbonyl (C=O) groups is 4. The van der Waals surface area contributed by atoms with Crippen molar-refractivity contribution < 1.29 is 37.4 Å². The maximum atomic E-state index is 16.2. The van der Waals surface area contributed by atoms with E-state index in [4.69, 9.17) is 26.8 Å². The minimum Gasteiger partial charge on any atom is -0.494 e. The minimum absolute atomic E-state index is 0.0142. The number of primary amides is 1. The number of benzene rings is 4. The smallest absolute Gasteiger partial charge is 0.249 e. The highest BCUT2D eigenvalue weighted by molar-refractivity contribution is 6.34. The van der Waals surface area contributed by atoms with Crippen LogP contribution in [0.4, 0.5) is 14.5 Å². The van der Waals surface area contributed by atoms with Crippen molar-refractivity contribution in [3.8, 4) is 22.6 Å². The second kappa shape index (κ2) is 16.8. The summed E-state index contributed by atoms with van der Waals surface area (Å²) in [5.74, 6) is -4.33. The Morgan fingerprint density at radius 1 is 1.05 bits per heavy atom. The van der Waals surface area contributed by atoms with Gasteiger partial charge in [-0.25, -0.2) is 8.78 Å². The third kappa shape index (κ3) is 7.54. The van der Waals surface area contributed by atoms with Gasteiger partial charge in [0, 0.05) is 86.2 Å². The molecule has 0 aliphatic carbocycles. The van der Waals surface area contributed by atoms with Gasteiger partial charge < -0.3 is 30.7 Å². The lowest BCUT2D eigenvalue weighted by Crippen LogP contribution is -2.51. The van der Waals surface area contributed by atoms with Crippen molar-refractivity contribution in [3.63, 3.8) is 0 Å². The highest BCUT2D eigenvalue weighted by Gasteiger charge is 2.50. The van der Waals surface area contributed by atoms with Gasteiger partial charge >= 0.3 is 0 Å². The van der Waals surface area contributed by atoms with Crippen LogP contribution in [0.2, 0.25) is 5.02 Å². The fourth-order valence-corrected chi connectivity index (χ4v) is 9.44. The third-order valence-corrected chi connectivity index (χ3v) is 12.7. The molecule has 61 heavy (non-hydrogen) atoms. The second-order valence-corrected chi connectivity index (χ2v) is 16.2. The molecule has 4 aromatic carbocycles. The third-order valence-electron chi connectivity index (χ3n) is 12.4. The summed E-state index contributed by atoms with van der Waals surface area (Å²) in [5, 5.41) is 14.6. The van der Waals surface area contributed by atoms with Gasteiger partial charge in [0.15, 0.2) is 17.2 Å². The zero-order valence-electron chi connectivity index (χ0n) is 33.9. The number of likely N-dealkylation sites (tertiary alicyclic amines) is 1. The SMILES string of the molecule is COc1ccc(C(N)=O)c(-c2c(Cl)c(F)cc3c2C(C)C(CNC2CCN(C(=O)CCNc4cccc5c(C6CCC(=O)NC6=O)nn(C)c45)CC2)(c2ccccc2)O3)c1F. The summed E-state index contributed by atoms with van der Waals surface area (Å²) in [5.41, 5.74) is 7.58. The molecule has 4 heterocycles. The molecule has 5 aromatic rings. The number of amides is 4. The number of nitrogens with two attached hydrogens (primary N) is 1. The Morgan fingerprint density at radius 3 is 2.51 bits per heavy atom. The van der Waals surface area contributed by atoms with Crippen molar-refractivity contribution in [3.05, 3.63) is 106 Å². The molecule has 3 atom stereocenters. The number of halogens is 3. The molecule has 8 rings (SSSR count). The minimum atomic E-state index is -1.10. The number of imide groups is 1. The summed E-state index contributed by atoms with van der Waals surface area (Å²) >= 11 is 6.66. The molecule has 4 amide bonds. The molecular formula is C45H46ClF2N7O6. The van der Waals surface area contributed by atoms with Crippen LogP contribution < -0.4 is 31.2 Å². The van der Waals surface area contributed by atoms with Crippen LogP contribution in [0.1, 0.15) is 78.0 Å². The number of aromatic nitrogens is 2. The van der Waals surface area contributed by atoms with Crippen molar-refractivity contribution in [1.82, 2.24) is 25.3 Å². The van der Waals surface area contributed by atoms with E-state index in [0.717, 1.165) is 22.2 Å². The summed E-state index contributed by atoms with van der Waals surface area (Å²) in [6.45, 7) is 3.64. The predicted molar refractivity (Wildman–Crippen MR) is 226 cm³/mol.